The lowest BCUT2D eigenvalue weighted by atomic mass is 9.96. The molecule has 0 atom stereocenters. The molecule has 10 aromatic rings. The van der Waals surface area contributed by atoms with E-state index < -0.39 is 0 Å². The van der Waals surface area contributed by atoms with Gasteiger partial charge in [0.15, 0.2) is 11.2 Å². The highest BCUT2D eigenvalue weighted by Crippen LogP contribution is 2.35. The summed E-state index contributed by atoms with van der Waals surface area (Å²) in [4.78, 5) is 14.3. The molecule has 0 N–H and O–H groups in total. The van der Waals surface area contributed by atoms with E-state index in [0.29, 0.717) is 0 Å². The summed E-state index contributed by atoms with van der Waals surface area (Å²) >= 11 is 0. The summed E-state index contributed by atoms with van der Waals surface area (Å²) in [6, 6.07) is 52.3. The van der Waals surface area contributed by atoms with E-state index in [1.807, 2.05) is 42.6 Å². The van der Waals surface area contributed by atoms with E-state index in [1.54, 1.807) is 6.20 Å². The van der Waals surface area contributed by atoms with E-state index in [-0.39, 0.29) is 0 Å². The quantitative estimate of drug-likeness (QED) is 0.187. The smallest absolute Gasteiger partial charge is 0.153 e. The number of hydrogen-bond acceptors (Lipinski definition) is 5. The zero-order valence-electron chi connectivity index (χ0n) is 26.7. The van der Waals surface area contributed by atoms with Crippen molar-refractivity contribution in [1.82, 2.24) is 15.0 Å². The largest absolute Gasteiger partial charge is 0.454 e. The lowest BCUT2D eigenvalue weighted by Gasteiger charge is -2.10. The van der Waals surface area contributed by atoms with Crippen molar-refractivity contribution in [3.8, 4) is 55.9 Å². The zero-order valence-corrected chi connectivity index (χ0v) is 26.7. The minimum Gasteiger partial charge on any atom is -0.454 e. The van der Waals surface area contributed by atoms with Gasteiger partial charge >= 0.3 is 0 Å². The van der Waals surface area contributed by atoms with Gasteiger partial charge in [-0.05, 0) is 112 Å². The van der Waals surface area contributed by atoms with Crippen LogP contribution >= 0.6 is 0 Å². The third-order valence-electron chi connectivity index (χ3n) is 9.38. The van der Waals surface area contributed by atoms with Crippen molar-refractivity contribution < 1.29 is 8.83 Å². The molecule has 5 heterocycles. The Morgan fingerprint density at radius 2 is 0.720 bits per heavy atom. The Kier molecular flexibility index (Phi) is 6.42. The van der Waals surface area contributed by atoms with Gasteiger partial charge in [-0.3, -0.25) is 9.97 Å². The summed E-state index contributed by atoms with van der Waals surface area (Å²) in [6.07, 6.45) is 3.61. The summed E-state index contributed by atoms with van der Waals surface area (Å²) in [6.45, 7) is 0. The Morgan fingerprint density at radius 3 is 1.20 bits per heavy atom. The normalized spacial score (nSPS) is 11.6. The molecule has 0 aliphatic heterocycles. The molecule has 234 valence electrons. The van der Waals surface area contributed by atoms with Crippen LogP contribution in [0.25, 0.3) is 100 Å². The minimum absolute atomic E-state index is 0.796. The lowest BCUT2D eigenvalue weighted by molar-refractivity contribution is 0.668. The number of hydrogen-bond donors (Lipinski definition) is 0. The number of furan rings is 2. The molecule has 5 aromatic carbocycles. The molecular weight excluding hydrogens is 615 g/mol. The number of pyridine rings is 3. The summed E-state index contributed by atoms with van der Waals surface area (Å²) in [5.41, 5.74) is 15.8. The maximum absolute atomic E-state index is 6.00. The van der Waals surface area contributed by atoms with Gasteiger partial charge in [-0.1, -0.05) is 72.8 Å². The van der Waals surface area contributed by atoms with E-state index >= 15 is 0 Å². The number of aromatic nitrogens is 3. The van der Waals surface area contributed by atoms with Crippen LogP contribution in [0.15, 0.2) is 173 Å². The molecular formula is C45H27N3O2. The lowest BCUT2D eigenvalue weighted by Crippen LogP contribution is -1.89. The molecule has 0 saturated heterocycles. The molecule has 0 aliphatic carbocycles. The van der Waals surface area contributed by atoms with Crippen molar-refractivity contribution in [2.24, 2.45) is 0 Å². The van der Waals surface area contributed by atoms with Crippen LogP contribution < -0.4 is 0 Å². The molecule has 50 heavy (non-hydrogen) atoms. The number of benzene rings is 5. The summed E-state index contributed by atoms with van der Waals surface area (Å²) in [5.74, 6) is 0. The molecule has 0 amide bonds. The van der Waals surface area contributed by atoms with Crippen LogP contribution in [0, 0.1) is 0 Å². The molecule has 0 aliphatic rings. The second kappa shape index (κ2) is 11.4. The predicted molar refractivity (Wildman–Crippen MR) is 202 cm³/mol. The van der Waals surface area contributed by atoms with Gasteiger partial charge in [0.2, 0.25) is 0 Å². The number of fused-ring (bicyclic) bond motifs is 6. The van der Waals surface area contributed by atoms with Crippen LogP contribution in [0.2, 0.25) is 0 Å². The predicted octanol–water partition coefficient (Wildman–Crippen LogP) is 12.0. The van der Waals surface area contributed by atoms with E-state index in [0.717, 1.165) is 100 Å². The topological polar surface area (TPSA) is 65.0 Å². The van der Waals surface area contributed by atoms with E-state index in [1.165, 1.54) is 0 Å². The molecule has 5 heteroatoms. The van der Waals surface area contributed by atoms with Crippen molar-refractivity contribution in [3.05, 3.63) is 164 Å². The van der Waals surface area contributed by atoms with Crippen LogP contribution in [0.5, 0.6) is 0 Å². The number of rotatable bonds is 5. The molecule has 0 saturated carbocycles. The van der Waals surface area contributed by atoms with Gasteiger partial charge in [0, 0.05) is 34.3 Å². The Hall–Kier alpha value is -6.85. The van der Waals surface area contributed by atoms with Crippen molar-refractivity contribution in [3.63, 3.8) is 0 Å². The van der Waals surface area contributed by atoms with Crippen LogP contribution in [0.3, 0.4) is 0 Å². The molecule has 0 spiro atoms. The average Bonchev–Trinajstić information content (AvgIpc) is 3.76. The van der Waals surface area contributed by atoms with Gasteiger partial charge in [-0.25, -0.2) is 4.98 Å². The molecule has 0 bridgehead atoms. The highest BCUT2D eigenvalue weighted by Gasteiger charge is 2.13. The van der Waals surface area contributed by atoms with Crippen LogP contribution in [-0.2, 0) is 0 Å². The SMILES string of the molecule is c1cc(-c2cccc(-c3cccc(-c4cccc(-c5ccc6oc7cccnc7c6c5)c4)n3)c2)cc(-c2ccc3oc4cccnc4c3c2)c1. The van der Waals surface area contributed by atoms with Gasteiger partial charge in [0.1, 0.15) is 22.2 Å². The molecule has 0 fully saturated rings. The first-order valence-electron chi connectivity index (χ1n) is 16.6. The monoisotopic (exact) mass is 641 g/mol. The maximum Gasteiger partial charge on any atom is 0.153 e. The summed E-state index contributed by atoms with van der Waals surface area (Å²) in [5, 5.41) is 2.03. The highest BCUT2D eigenvalue weighted by molar-refractivity contribution is 6.05. The third-order valence-corrected chi connectivity index (χ3v) is 9.38. The first-order chi connectivity index (χ1) is 24.7. The Labute approximate surface area is 287 Å². The van der Waals surface area contributed by atoms with Gasteiger partial charge in [0.25, 0.3) is 0 Å². The van der Waals surface area contributed by atoms with Gasteiger partial charge < -0.3 is 8.83 Å². The first-order valence-corrected chi connectivity index (χ1v) is 16.6. The Bertz CT molecular complexity index is 2700. The minimum atomic E-state index is 0.796. The number of nitrogens with zero attached hydrogens (tertiary/aromatic N) is 3. The highest BCUT2D eigenvalue weighted by atomic mass is 16.3. The zero-order chi connectivity index (χ0) is 33.0. The summed E-state index contributed by atoms with van der Waals surface area (Å²) < 4.78 is 12.0. The molecule has 0 unspecified atom stereocenters. The molecule has 10 rings (SSSR count). The van der Waals surface area contributed by atoms with Crippen molar-refractivity contribution in [1.29, 1.82) is 0 Å². The van der Waals surface area contributed by atoms with E-state index in [2.05, 4.69) is 125 Å². The molecule has 5 aromatic heterocycles. The first kappa shape index (κ1) is 28.2. The fraction of sp³-hybridized carbons (Fsp3) is 0. The molecule has 0 radical (unpaired) electrons. The molecule has 5 nitrogen and oxygen atoms in total. The second-order valence-electron chi connectivity index (χ2n) is 12.5. The van der Waals surface area contributed by atoms with Gasteiger partial charge in [0.05, 0.1) is 11.4 Å². The summed E-state index contributed by atoms with van der Waals surface area (Å²) in [7, 11) is 0. The van der Waals surface area contributed by atoms with E-state index in [4.69, 9.17) is 13.8 Å². The van der Waals surface area contributed by atoms with Crippen molar-refractivity contribution in [2.75, 3.05) is 0 Å². The standard InChI is InChI=1S/C45H27N3O2/c1-7-28(23-29(8-1)32-17-19-40-36(26-32)44-42(49-40)15-5-21-46-44)30-9-2-11-34(24-30)38-13-4-14-39(48-38)35-12-3-10-31(25-35)33-18-20-41-37(27-33)45-43(50-41)16-6-22-47-45/h1-27H. The maximum atomic E-state index is 6.00. The average molecular weight is 642 g/mol. The third kappa shape index (κ3) is 4.83. The van der Waals surface area contributed by atoms with Gasteiger partial charge in [-0.2, -0.15) is 0 Å². The Morgan fingerprint density at radius 1 is 0.320 bits per heavy atom. The van der Waals surface area contributed by atoms with Crippen LogP contribution in [-0.4, -0.2) is 15.0 Å². The van der Waals surface area contributed by atoms with Crippen LogP contribution in [0.1, 0.15) is 0 Å². The van der Waals surface area contributed by atoms with Crippen molar-refractivity contribution >= 4 is 44.1 Å². The Balaban J connectivity index is 0.968. The second-order valence-corrected chi connectivity index (χ2v) is 12.5. The van der Waals surface area contributed by atoms with Crippen molar-refractivity contribution in [2.45, 2.75) is 0 Å². The fourth-order valence-corrected chi connectivity index (χ4v) is 6.91. The fourth-order valence-electron chi connectivity index (χ4n) is 6.91. The van der Waals surface area contributed by atoms with Crippen LogP contribution in [0.4, 0.5) is 0 Å². The van der Waals surface area contributed by atoms with E-state index in [9.17, 15) is 0 Å². The van der Waals surface area contributed by atoms with Gasteiger partial charge in [-0.15, -0.1) is 0 Å².